The van der Waals surface area contributed by atoms with Crippen LogP contribution in [0.15, 0.2) is 0 Å². The summed E-state index contributed by atoms with van der Waals surface area (Å²) in [6.45, 7) is 10.7. The van der Waals surface area contributed by atoms with E-state index < -0.39 is 0 Å². The van der Waals surface area contributed by atoms with E-state index in [1.807, 2.05) is 0 Å². The zero-order chi connectivity index (χ0) is 26.5. The van der Waals surface area contributed by atoms with Crippen molar-refractivity contribution >= 4 is 18.2 Å². The number of aliphatic hydroxyl groups is 1. The van der Waals surface area contributed by atoms with Crippen LogP contribution in [0.5, 0.6) is 0 Å². The zero-order valence-corrected chi connectivity index (χ0v) is 25.3. The second kappa shape index (κ2) is 10.7. The molecule has 1 spiro atoms. The van der Waals surface area contributed by atoms with E-state index in [4.69, 9.17) is 0 Å². The van der Waals surface area contributed by atoms with Crippen LogP contribution in [0.1, 0.15) is 117 Å². The van der Waals surface area contributed by atoms with Gasteiger partial charge < -0.3 is 10.4 Å². The highest BCUT2D eigenvalue weighted by molar-refractivity contribution is 7.95. The summed E-state index contributed by atoms with van der Waals surface area (Å²) in [6.07, 6.45) is 19.4. The van der Waals surface area contributed by atoms with Crippen molar-refractivity contribution in [2.75, 3.05) is 19.6 Å². The number of amides is 2. The van der Waals surface area contributed by atoms with E-state index >= 15 is 0 Å². The Morgan fingerprint density at radius 3 is 2.39 bits per heavy atom. The molecule has 0 aromatic rings. The molecule has 9 atom stereocenters. The molecule has 5 saturated carbocycles. The van der Waals surface area contributed by atoms with Gasteiger partial charge in [0.2, 0.25) is 0 Å². The molecule has 1 saturated heterocycles. The fraction of sp³-hybridized carbons (Fsp3) is 0.969. The van der Waals surface area contributed by atoms with Gasteiger partial charge in [0, 0.05) is 31.8 Å². The summed E-state index contributed by atoms with van der Waals surface area (Å²) in [7, 11) is 0. The first kappa shape index (κ1) is 27.7. The molecule has 5 unspecified atom stereocenters. The highest BCUT2D eigenvalue weighted by atomic mass is 32.2. The SMILES string of the molecule is CC[C@H]1CC2C3CC[C@H](CCCNC(=O)NSN4CCC5(CC4)CC5)C3(C)CC[C@@H]2C2(C)CC[C@@H](O)CC12. The highest BCUT2D eigenvalue weighted by Gasteiger charge is 2.61. The van der Waals surface area contributed by atoms with E-state index in [9.17, 15) is 9.90 Å². The molecule has 5 nitrogen and oxygen atoms in total. The van der Waals surface area contributed by atoms with Crippen molar-refractivity contribution in [2.24, 2.45) is 51.8 Å². The number of fused-ring (bicyclic) bond motifs is 5. The van der Waals surface area contributed by atoms with Crippen molar-refractivity contribution in [3.63, 3.8) is 0 Å². The summed E-state index contributed by atoms with van der Waals surface area (Å²) in [4.78, 5) is 12.4. The third-order valence-corrected chi connectivity index (χ3v) is 14.5. The van der Waals surface area contributed by atoms with Gasteiger partial charge in [-0.15, -0.1) is 0 Å². The number of hydrogen-bond acceptors (Lipinski definition) is 4. The normalized spacial score (nSPS) is 45.6. The zero-order valence-electron chi connectivity index (χ0n) is 24.5. The molecule has 2 amide bonds. The van der Waals surface area contributed by atoms with Crippen LogP contribution < -0.4 is 10.0 Å². The van der Waals surface area contributed by atoms with Gasteiger partial charge in [-0.3, -0.25) is 4.72 Å². The maximum absolute atomic E-state index is 12.4. The van der Waals surface area contributed by atoms with E-state index in [2.05, 4.69) is 35.1 Å². The second-order valence-electron chi connectivity index (χ2n) is 15.2. The maximum Gasteiger partial charge on any atom is 0.325 e. The summed E-state index contributed by atoms with van der Waals surface area (Å²) >= 11 is 1.51. The van der Waals surface area contributed by atoms with Crippen LogP contribution in [-0.4, -0.2) is 41.2 Å². The van der Waals surface area contributed by atoms with Crippen LogP contribution in [0.3, 0.4) is 0 Å². The molecule has 5 aliphatic carbocycles. The number of urea groups is 1. The average Bonchev–Trinajstić information content (AvgIpc) is 3.58. The lowest BCUT2D eigenvalue weighted by molar-refractivity contribution is -0.150. The van der Waals surface area contributed by atoms with Crippen molar-refractivity contribution in [3.05, 3.63) is 0 Å². The third-order valence-electron chi connectivity index (χ3n) is 13.6. The molecule has 0 aromatic heterocycles. The summed E-state index contributed by atoms with van der Waals surface area (Å²) in [6, 6.07) is -0.0223. The van der Waals surface area contributed by atoms with Crippen molar-refractivity contribution in [1.29, 1.82) is 0 Å². The van der Waals surface area contributed by atoms with E-state index in [0.29, 0.717) is 16.2 Å². The number of carbonyl (C=O) groups is 1. The third kappa shape index (κ3) is 5.06. The minimum absolute atomic E-state index is 0.0223. The van der Waals surface area contributed by atoms with Gasteiger partial charge >= 0.3 is 6.03 Å². The monoisotopic (exact) mass is 545 g/mol. The summed E-state index contributed by atoms with van der Waals surface area (Å²) < 4.78 is 5.35. The molecule has 216 valence electrons. The van der Waals surface area contributed by atoms with E-state index in [1.54, 1.807) is 0 Å². The lowest BCUT2D eigenvalue weighted by atomic mass is 9.42. The lowest BCUT2D eigenvalue weighted by Crippen LogP contribution is -2.56. The molecular weight excluding hydrogens is 490 g/mol. The Hall–Kier alpha value is -0.460. The van der Waals surface area contributed by atoms with Crippen LogP contribution in [0, 0.1) is 51.8 Å². The number of nitrogens with zero attached hydrogens (tertiary/aromatic N) is 1. The molecule has 3 N–H and O–H groups in total. The second-order valence-corrected chi connectivity index (χ2v) is 16.1. The summed E-state index contributed by atoms with van der Waals surface area (Å²) in [5.74, 6) is 5.01. The van der Waals surface area contributed by atoms with Gasteiger partial charge in [0.05, 0.1) is 6.10 Å². The lowest BCUT2D eigenvalue weighted by Gasteiger charge is -2.63. The summed E-state index contributed by atoms with van der Waals surface area (Å²) in [5.41, 5.74) is 1.62. The van der Waals surface area contributed by atoms with Crippen LogP contribution in [0.2, 0.25) is 0 Å². The average molecular weight is 546 g/mol. The Kier molecular flexibility index (Phi) is 7.83. The Bertz CT molecular complexity index is 856. The van der Waals surface area contributed by atoms with Gasteiger partial charge in [0.15, 0.2) is 0 Å². The van der Waals surface area contributed by atoms with Crippen molar-refractivity contribution in [2.45, 2.75) is 123 Å². The first-order valence-corrected chi connectivity index (χ1v) is 17.2. The highest BCUT2D eigenvalue weighted by Crippen LogP contribution is 2.69. The topological polar surface area (TPSA) is 64.6 Å². The molecule has 1 heterocycles. The molecule has 0 aromatic carbocycles. The van der Waals surface area contributed by atoms with Gasteiger partial charge in [-0.1, -0.05) is 27.2 Å². The fourth-order valence-electron chi connectivity index (χ4n) is 10.9. The van der Waals surface area contributed by atoms with E-state index in [-0.39, 0.29) is 12.1 Å². The molecule has 1 aliphatic heterocycles. The molecule has 6 aliphatic rings. The molecule has 6 rings (SSSR count). The Morgan fingerprint density at radius 1 is 0.921 bits per heavy atom. The first-order chi connectivity index (χ1) is 18.3. The number of aliphatic hydroxyl groups excluding tert-OH is 1. The minimum atomic E-state index is -0.0581. The van der Waals surface area contributed by atoms with Gasteiger partial charge in [-0.25, -0.2) is 9.10 Å². The van der Waals surface area contributed by atoms with Crippen LogP contribution in [-0.2, 0) is 0 Å². The van der Waals surface area contributed by atoms with Gasteiger partial charge in [-0.05, 0) is 142 Å². The smallest absolute Gasteiger partial charge is 0.325 e. The van der Waals surface area contributed by atoms with Crippen molar-refractivity contribution < 1.29 is 9.90 Å². The Morgan fingerprint density at radius 2 is 1.66 bits per heavy atom. The molecule has 0 radical (unpaired) electrons. The standard InChI is InChI=1S/C32H55N3O2S/c1-4-22-20-25-26-8-7-23(30(26,2)12-10-27(25)31(3)11-9-24(36)21-28(22)31)6-5-17-33-29(37)34-38-35-18-15-32(13-14-32)16-19-35/h22-28,36H,4-21H2,1-3H3,(H2,33,34,37)/t22-,23-,24+,25?,26?,27-,28?,30?,31?/m0/s1. The predicted octanol–water partition coefficient (Wildman–Crippen LogP) is 7.16. The first-order valence-electron chi connectivity index (χ1n) is 16.4. The van der Waals surface area contributed by atoms with Crippen LogP contribution >= 0.6 is 12.1 Å². The molecule has 6 fully saturated rings. The molecule has 38 heavy (non-hydrogen) atoms. The fourth-order valence-corrected chi connectivity index (χ4v) is 11.6. The van der Waals surface area contributed by atoms with Crippen molar-refractivity contribution in [1.82, 2.24) is 14.3 Å². The number of carbonyl (C=O) groups excluding carboxylic acids is 1. The number of piperidine rings is 1. The molecule has 6 heteroatoms. The largest absolute Gasteiger partial charge is 0.393 e. The number of rotatable bonds is 7. The predicted molar refractivity (Wildman–Crippen MR) is 156 cm³/mol. The molecular formula is C32H55N3O2S. The summed E-state index contributed by atoms with van der Waals surface area (Å²) in [5, 5.41) is 13.6. The maximum atomic E-state index is 12.4. The van der Waals surface area contributed by atoms with E-state index in [0.717, 1.165) is 74.4 Å². The number of nitrogens with one attached hydrogen (secondary N) is 2. The van der Waals surface area contributed by atoms with Crippen LogP contribution in [0.4, 0.5) is 4.79 Å². The Balaban J connectivity index is 0.975. The Labute approximate surface area is 236 Å². The van der Waals surface area contributed by atoms with Gasteiger partial charge in [-0.2, -0.15) is 0 Å². The van der Waals surface area contributed by atoms with Crippen LogP contribution in [0.25, 0.3) is 0 Å². The van der Waals surface area contributed by atoms with Gasteiger partial charge in [0.25, 0.3) is 0 Å². The number of hydrogen-bond donors (Lipinski definition) is 3. The quantitative estimate of drug-likeness (QED) is 0.235. The minimum Gasteiger partial charge on any atom is -0.393 e. The molecule has 0 bridgehead atoms. The van der Waals surface area contributed by atoms with Crippen molar-refractivity contribution in [3.8, 4) is 0 Å². The van der Waals surface area contributed by atoms with E-state index in [1.165, 1.54) is 89.2 Å². The van der Waals surface area contributed by atoms with Gasteiger partial charge in [0.1, 0.15) is 0 Å².